The molecule has 1 aliphatic rings. The van der Waals surface area contributed by atoms with Gasteiger partial charge in [0.2, 0.25) is 0 Å². The highest BCUT2D eigenvalue weighted by Gasteiger charge is 2.35. The maximum absolute atomic E-state index is 14.5. The minimum atomic E-state index is -0.598. The molecule has 0 radical (unpaired) electrons. The van der Waals surface area contributed by atoms with Crippen LogP contribution in [-0.2, 0) is 4.74 Å². The normalized spacial score (nSPS) is 19.1. The molecule has 4 heteroatoms. The molecule has 0 unspecified atom stereocenters. The van der Waals surface area contributed by atoms with Crippen LogP contribution in [0.3, 0.4) is 0 Å². The molecule has 0 amide bonds. The summed E-state index contributed by atoms with van der Waals surface area (Å²) < 4.78 is 19.6. The van der Waals surface area contributed by atoms with E-state index in [1.54, 1.807) is 13.0 Å². The van der Waals surface area contributed by atoms with Gasteiger partial charge < -0.3 is 9.64 Å². The molecule has 0 spiro atoms. The summed E-state index contributed by atoms with van der Waals surface area (Å²) in [6, 6.07) is 11.6. The zero-order valence-corrected chi connectivity index (χ0v) is 15.2. The van der Waals surface area contributed by atoms with Gasteiger partial charge in [-0.05, 0) is 68.8 Å². The van der Waals surface area contributed by atoms with Crippen LogP contribution in [0.25, 0.3) is 0 Å². The van der Waals surface area contributed by atoms with E-state index in [0.29, 0.717) is 0 Å². The van der Waals surface area contributed by atoms with Gasteiger partial charge in [0.05, 0.1) is 12.2 Å². The van der Waals surface area contributed by atoms with E-state index in [1.807, 2.05) is 26.2 Å². The first kappa shape index (κ1) is 17.6. The third-order valence-electron chi connectivity index (χ3n) is 5.05. The van der Waals surface area contributed by atoms with Crippen molar-refractivity contribution in [3.8, 4) is 0 Å². The summed E-state index contributed by atoms with van der Waals surface area (Å²) in [5.41, 5.74) is 4.45. The average molecular weight is 341 g/mol. The Morgan fingerprint density at radius 1 is 1.20 bits per heavy atom. The van der Waals surface area contributed by atoms with Crippen molar-refractivity contribution in [2.75, 3.05) is 20.7 Å². The van der Waals surface area contributed by atoms with E-state index in [-0.39, 0.29) is 24.1 Å². The molecule has 0 aromatic heterocycles. The molecule has 2 atom stereocenters. The van der Waals surface area contributed by atoms with E-state index >= 15 is 0 Å². The average Bonchev–Trinajstić information content (AvgIpc) is 2.93. The van der Waals surface area contributed by atoms with Crippen LogP contribution in [-0.4, -0.2) is 31.6 Å². The summed E-state index contributed by atoms with van der Waals surface area (Å²) in [5.74, 6) is -0.952. The maximum atomic E-state index is 14.5. The zero-order chi connectivity index (χ0) is 18.1. The molecule has 0 saturated carbocycles. The number of fused-ring (bicyclic) bond motifs is 1. The van der Waals surface area contributed by atoms with Gasteiger partial charge in [-0.3, -0.25) is 0 Å². The number of rotatable bonds is 4. The molecule has 2 aromatic rings. The fourth-order valence-electron chi connectivity index (χ4n) is 3.80. The molecule has 1 aliphatic carbocycles. The van der Waals surface area contributed by atoms with Crippen molar-refractivity contribution in [3.63, 3.8) is 0 Å². The van der Waals surface area contributed by atoms with Gasteiger partial charge in [0, 0.05) is 12.0 Å². The van der Waals surface area contributed by atoms with Gasteiger partial charge in [0.1, 0.15) is 5.82 Å². The number of carbonyl (C=O) groups excluding carboxylic acids is 1. The minimum Gasteiger partial charge on any atom is -0.462 e. The van der Waals surface area contributed by atoms with Crippen LogP contribution in [0.1, 0.15) is 57.9 Å². The Kier molecular flexibility index (Phi) is 4.91. The van der Waals surface area contributed by atoms with Crippen LogP contribution in [0.15, 0.2) is 36.4 Å². The predicted octanol–water partition coefficient (Wildman–Crippen LogP) is 4.45. The van der Waals surface area contributed by atoms with Crippen molar-refractivity contribution in [2.45, 2.75) is 32.2 Å². The Morgan fingerprint density at radius 2 is 1.92 bits per heavy atom. The lowest BCUT2D eigenvalue weighted by Gasteiger charge is -2.21. The lowest BCUT2D eigenvalue weighted by atomic mass is 9.89. The molecule has 0 N–H and O–H groups in total. The van der Waals surface area contributed by atoms with Crippen molar-refractivity contribution in [1.82, 2.24) is 4.90 Å². The van der Waals surface area contributed by atoms with Crippen molar-refractivity contribution >= 4 is 5.97 Å². The summed E-state index contributed by atoms with van der Waals surface area (Å²) in [4.78, 5) is 14.2. The molecule has 3 rings (SSSR count). The molecule has 132 valence electrons. The summed E-state index contributed by atoms with van der Waals surface area (Å²) in [6.45, 7) is 4.05. The number of benzene rings is 2. The molecule has 25 heavy (non-hydrogen) atoms. The van der Waals surface area contributed by atoms with Gasteiger partial charge in [-0.15, -0.1) is 0 Å². The smallest absolute Gasteiger partial charge is 0.341 e. The molecule has 2 aromatic carbocycles. The monoisotopic (exact) mass is 341 g/mol. The summed E-state index contributed by atoms with van der Waals surface area (Å²) >= 11 is 0. The number of carbonyl (C=O) groups is 1. The predicted molar refractivity (Wildman–Crippen MR) is 96.4 cm³/mol. The first-order chi connectivity index (χ1) is 11.9. The second-order valence-corrected chi connectivity index (χ2v) is 6.81. The Hall–Kier alpha value is -2.20. The van der Waals surface area contributed by atoms with E-state index in [2.05, 4.69) is 24.0 Å². The second kappa shape index (κ2) is 6.96. The van der Waals surface area contributed by atoms with E-state index in [0.717, 1.165) is 17.5 Å². The van der Waals surface area contributed by atoms with Gasteiger partial charge in [0.25, 0.3) is 0 Å². The zero-order valence-electron chi connectivity index (χ0n) is 15.2. The number of nitrogens with zero attached hydrogens (tertiary/aromatic N) is 1. The molecular formula is C21H24FNO2. The Morgan fingerprint density at radius 3 is 2.56 bits per heavy atom. The largest absolute Gasteiger partial charge is 0.462 e. The highest BCUT2D eigenvalue weighted by atomic mass is 19.1. The number of ether oxygens (including phenoxy) is 1. The standard InChI is InChI=1S/C21H24FNO2/c1-5-25-21(24)18-10-15-16(14-9-7-6-8-13(14)2)12-20(23(3)4)17(15)11-19(18)22/h6-11,16,20H,5,12H2,1-4H3/t16-,20+/m1/s1. The number of halogens is 1. The quantitative estimate of drug-likeness (QED) is 0.770. The molecular weight excluding hydrogens is 317 g/mol. The molecule has 0 saturated heterocycles. The van der Waals surface area contributed by atoms with E-state index in [1.165, 1.54) is 17.2 Å². The molecule has 0 bridgehead atoms. The van der Waals surface area contributed by atoms with Crippen LogP contribution < -0.4 is 0 Å². The van der Waals surface area contributed by atoms with Crippen LogP contribution in [0.2, 0.25) is 0 Å². The first-order valence-corrected chi connectivity index (χ1v) is 8.66. The summed E-state index contributed by atoms with van der Waals surface area (Å²) in [7, 11) is 4.01. The Bertz CT molecular complexity index is 800. The van der Waals surface area contributed by atoms with Crippen molar-refractivity contribution in [2.24, 2.45) is 0 Å². The van der Waals surface area contributed by atoms with Crippen molar-refractivity contribution in [3.05, 3.63) is 70.0 Å². The molecule has 3 nitrogen and oxygen atoms in total. The van der Waals surface area contributed by atoms with Crippen LogP contribution in [0, 0.1) is 12.7 Å². The number of hydrogen-bond acceptors (Lipinski definition) is 3. The fraction of sp³-hybridized carbons (Fsp3) is 0.381. The molecule has 0 heterocycles. The maximum Gasteiger partial charge on any atom is 0.341 e. The number of aryl methyl sites for hydroxylation is 1. The third-order valence-corrected chi connectivity index (χ3v) is 5.05. The second-order valence-electron chi connectivity index (χ2n) is 6.81. The van der Waals surface area contributed by atoms with Crippen molar-refractivity contribution in [1.29, 1.82) is 0 Å². The lowest BCUT2D eigenvalue weighted by Crippen LogP contribution is -2.18. The van der Waals surface area contributed by atoms with Crippen LogP contribution in [0.4, 0.5) is 4.39 Å². The molecule has 0 fully saturated rings. The minimum absolute atomic E-state index is 0.0265. The van der Waals surface area contributed by atoms with Crippen LogP contribution in [0.5, 0.6) is 0 Å². The topological polar surface area (TPSA) is 29.5 Å². The van der Waals surface area contributed by atoms with Gasteiger partial charge in [-0.2, -0.15) is 0 Å². The van der Waals surface area contributed by atoms with E-state index in [4.69, 9.17) is 4.74 Å². The summed E-state index contributed by atoms with van der Waals surface area (Å²) in [5, 5.41) is 0. The Balaban J connectivity index is 2.14. The lowest BCUT2D eigenvalue weighted by molar-refractivity contribution is 0.0521. The van der Waals surface area contributed by atoms with Crippen LogP contribution >= 0.6 is 0 Å². The van der Waals surface area contributed by atoms with Gasteiger partial charge >= 0.3 is 5.97 Å². The molecule has 0 aliphatic heterocycles. The van der Waals surface area contributed by atoms with E-state index in [9.17, 15) is 9.18 Å². The first-order valence-electron chi connectivity index (χ1n) is 8.66. The number of hydrogen-bond donors (Lipinski definition) is 0. The highest BCUT2D eigenvalue weighted by molar-refractivity contribution is 5.90. The third kappa shape index (κ3) is 3.19. The Labute approximate surface area is 148 Å². The van der Waals surface area contributed by atoms with Gasteiger partial charge in [-0.1, -0.05) is 24.3 Å². The van der Waals surface area contributed by atoms with Crippen molar-refractivity contribution < 1.29 is 13.9 Å². The van der Waals surface area contributed by atoms with Gasteiger partial charge in [-0.25, -0.2) is 9.18 Å². The SMILES string of the molecule is CCOC(=O)c1cc2c(cc1F)[C@@H](N(C)C)C[C@@H]2c1ccccc1C. The summed E-state index contributed by atoms with van der Waals surface area (Å²) in [6.07, 6.45) is 0.874. The number of esters is 1. The fourth-order valence-corrected chi connectivity index (χ4v) is 3.80. The highest BCUT2D eigenvalue weighted by Crippen LogP contribution is 2.47. The van der Waals surface area contributed by atoms with Gasteiger partial charge in [0.15, 0.2) is 0 Å². The van der Waals surface area contributed by atoms with E-state index < -0.39 is 11.8 Å².